The van der Waals surface area contributed by atoms with Crippen molar-refractivity contribution >= 4 is 23.2 Å². The summed E-state index contributed by atoms with van der Waals surface area (Å²) in [4.78, 5) is 26.7. The molecule has 0 aliphatic carbocycles. The lowest BCUT2D eigenvalue weighted by Gasteiger charge is -2.24. The summed E-state index contributed by atoms with van der Waals surface area (Å²) in [5, 5.41) is 4.64. The number of nitrogens with zero attached hydrogens (tertiary/aromatic N) is 1. The minimum atomic E-state index is -0.451. The Hall–Kier alpha value is -1.36. The molecule has 2 heterocycles. The van der Waals surface area contributed by atoms with Gasteiger partial charge in [0.1, 0.15) is 6.04 Å². The molecule has 4 nitrogen and oxygen atoms in total. The lowest BCUT2D eigenvalue weighted by Crippen LogP contribution is -2.47. The molecule has 1 N–H and O–H groups in total. The lowest BCUT2D eigenvalue weighted by molar-refractivity contribution is -0.132. The molecule has 1 unspecified atom stereocenters. The quantitative estimate of drug-likeness (QED) is 0.923. The Morgan fingerprint density at radius 2 is 1.95 bits per heavy atom. The molecular weight excluding hydrogens is 260 g/mol. The predicted molar refractivity (Wildman–Crippen MR) is 76.3 cm³/mol. The third-order valence-electron chi connectivity index (χ3n) is 3.38. The number of rotatable bonds is 3. The summed E-state index contributed by atoms with van der Waals surface area (Å²) in [7, 11) is 0. The number of nitrogens with one attached hydrogen (secondary N) is 1. The first-order valence-corrected chi connectivity index (χ1v) is 7.69. The molecular formula is C14H20N2O2S. The number of carbonyl (C=O) groups is 2. The van der Waals surface area contributed by atoms with E-state index in [-0.39, 0.29) is 11.8 Å². The van der Waals surface area contributed by atoms with Crippen LogP contribution in [-0.2, 0) is 4.79 Å². The zero-order valence-electron chi connectivity index (χ0n) is 11.2. The van der Waals surface area contributed by atoms with Crippen LogP contribution in [0, 0.1) is 0 Å². The fourth-order valence-corrected chi connectivity index (χ4v) is 2.93. The molecule has 104 valence electrons. The van der Waals surface area contributed by atoms with Crippen LogP contribution in [0.5, 0.6) is 0 Å². The van der Waals surface area contributed by atoms with Crippen LogP contribution in [0.3, 0.4) is 0 Å². The fourth-order valence-electron chi connectivity index (χ4n) is 2.30. The van der Waals surface area contributed by atoms with Gasteiger partial charge in [-0.3, -0.25) is 9.59 Å². The second kappa shape index (κ2) is 6.70. The van der Waals surface area contributed by atoms with Crippen molar-refractivity contribution in [1.29, 1.82) is 0 Å². The van der Waals surface area contributed by atoms with Crippen molar-refractivity contribution in [3.05, 3.63) is 22.4 Å². The van der Waals surface area contributed by atoms with Crippen LogP contribution in [0.2, 0.25) is 0 Å². The number of hydrogen-bond donors (Lipinski definition) is 1. The first kappa shape index (κ1) is 14.1. The number of amides is 2. The molecule has 1 aliphatic heterocycles. The van der Waals surface area contributed by atoms with Crippen molar-refractivity contribution in [2.75, 3.05) is 13.1 Å². The van der Waals surface area contributed by atoms with Crippen LogP contribution in [-0.4, -0.2) is 35.8 Å². The van der Waals surface area contributed by atoms with Gasteiger partial charge in [-0.2, -0.15) is 0 Å². The molecule has 2 rings (SSSR count). The number of likely N-dealkylation sites (tertiary alicyclic amines) is 1. The van der Waals surface area contributed by atoms with Crippen LogP contribution in [0.1, 0.15) is 42.3 Å². The largest absolute Gasteiger partial charge is 0.341 e. The Balaban J connectivity index is 1.89. The van der Waals surface area contributed by atoms with E-state index in [2.05, 4.69) is 5.32 Å². The Kier molecular flexibility index (Phi) is 4.96. The molecule has 1 aliphatic rings. The standard InChI is InChI=1S/C14H20N2O2S/c1-11(15-13(17)12-7-6-10-19-12)14(18)16-8-4-2-3-5-9-16/h6-7,10-11H,2-5,8-9H2,1H3,(H,15,17). The molecule has 1 atom stereocenters. The molecule has 0 spiro atoms. The minimum absolute atomic E-state index is 0.0341. The average Bonchev–Trinajstić information content (AvgIpc) is 2.81. The SMILES string of the molecule is CC(NC(=O)c1cccs1)C(=O)N1CCCCCC1. The van der Waals surface area contributed by atoms with Crippen molar-refractivity contribution < 1.29 is 9.59 Å². The van der Waals surface area contributed by atoms with E-state index in [4.69, 9.17) is 0 Å². The third-order valence-corrected chi connectivity index (χ3v) is 4.25. The normalized spacial score (nSPS) is 17.6. The molecule has 1 fully saturated rings. The summed E-state index contributed by atoms with van der Waals surface area (Å²) in [6.07, 6.45) is 4.52. The molecule has 1 saturated heterocycles. The molecule has 0 saturated carbocycles. The van der Waals surface area contributed by atoms with Crippen molar-refractivity contribution in [3.8, 4) is 0 Å². The molecule has 2 amide bonds. The van der Waals surface area contributed by atoms with Gasteiger partial charge in [-0.15, -0.1) is 11.3 Å². The maximum absolute atomic E-state index is 12.3. The van der Waals surface area contributed by atoms with Gasteiger partial charge in [-0.25, -0.2) is 0 Å². The zero-order chi connectivity index (χ0) is 13.7. The Morgan fingerprint density at radius 3 is 2.53 bits per heavy atom. The summed E-state index contributed by atoms with van der Waals surface area (Å²) >= 11 is 1.39. The highest BCUT2D eigenvalue weighted by Gasteiger charge is 2.23. The maximum atomic E-state index is 12.3. The molecule has 0 radical (unpaired) electrons. The Labute approximate surface area is 117 Å². The molecule has 1 aromatic rings. The van der Waals surface area contributed by atoms with Gasteiger partial charge in [0.25, 0.3) is 5.91 Å². The van der Waals surface area contributed by atoms with Gasteiger partial charge in [0, 0.05) is 13.1 Å². The highest BCUT2D eigenvalue weighted by molar-refractivity contribution is 7.12. The van der Waals surface area contributed by atoms with Gasteiger partial charge < -0.3 is 10.2 Å². The van der Waals surface area contributed by atoms with Crippen LogP contribution in [0.15, 0.2) is 17.5 Å². The monoisotopic (exact) mass is 280 g/mol. The second-order valence-corrected chi connectivity index (χ2v) is 5.86. The van der Waals surface area contributed by atoms with E-state index in [0.717, 1.165) is 25.9 Å². The van der Waals surface area contributed by atoms with Crippen molar-refractivity contribution in [3.63, 3.8) is 0 Å². The van der Waals surface area contributed by atoms with Crippen molar-refractivity contribution in [1.82, 2.24) is 10.2 Å². The second-order valence-electron chi connectivity index (χ2n) is 4.91. The summed E-state index contributed by atoms with van der Waals surface area (Å²) < 4.78 is 0. The first-order valence-electron chi connectivity index (χ1n) is 6.81. The number of hydrogen-bond acceptors (Lipinski definition) is 3. The molecule has 0 aromatic carbocycles. The Bertz CT molecular complexity index is 423. The lowest BCUT2D eigenvalue weighted by atomic mass is 10.2. The molecule has 0 bridgehead atoms. The van der Waals surface area contributed by atoms with Crippen LogP contribution < -0.4 is 5.32 Å². The topological polar surface area (TPSA) is 49.4 Å². The summed E-state index contributed by atoms with van der Waals surface area (Å²) in [5.41, 5.74) is 0. The number of thiophene rings is 1. The van der Waals surface area contributed by atoms with Crippen molar-refractivity contribution in [2.24, 2.45) is 0 Å². The fraction of sp³-hybridized carbons (Fsp3) is 0.571. The maximum Gasteiger partial charge on any atom is 0.261 e. The van der Waals surface area contributed by atoms with Gasteiger partial charge in [0.2, 0.25) is 5.91 Å². The summed E-state index contributed by atoms with van der Waals surface area (Å²) in [5.74, 6) is -0.127. The van der Waals surface area contributed by atoms with Crippen LogP contribution >= 0.6 is 11.3 Å². The highest BCUT2D eigenvalue weighted by Crippen LogP contribution is 2.12. The zero-order valence-corrected chi connectivity index (χ0v) is 12.0. The van der Waals surface area contributed by atoms with Gasteiger partial charge in [-0.1, -0.05) is 18.9 Å². The van der Waals surface area contributed by atoms with Gasteiger partial charge in [0.05, 0.1) is 4.88 Å². The van der Waals surface area contributed by atoms with E-state index in [1.54, 1.807) is 13.0 Å². The van der Waals surface area contributed by atoms with Gasteiger partial charge in [0.15, 0.2) is 0 Å². The smallest absolute Gasteiger partial charge is 0.261 e. The van der Waals surface area contributed by atoms with E-state index >= 15 is 0 Å². The van der Waals surface area contributed by atoms with Crippen molar-refractivity contribution in [2.45, 2.75) is 38.6 Å². The predicted octanol–water partition coefficient (Wildman–Crippen LogP) is 2.27. The van der Waals surface area contributed by atoms with Crippen LogP contribution in [0.4, 0.5) is 0 Å². The van der Waals surface area contributed by atoms with E-state index in [1.807, 2.05) is 16.3 Å². The Morgan fingerprint density at radius 1 is 1.26 bits per heavy atom. The average molecular weight is 280 g/mol. The van der Waals surface area contributed by atoms with E-state index in [9.17, 15) is 9.59 Å². The van der Waals surface area contributed by atoms with Gasteiger partial charge >= 0.3 is 0 Å². The van der Waals surface area contributed by atoms with E-state index < -0.39 is 6.04 Å². The minimum Gasteiger partial charge on any atom is -0.341 e. The highest BCUT2D eigenvalue weighted by atomic mass is 32.1. The molecule has 19 heavy (non-hydrogen) atoms. The van der Waals surface area contributed by atoms with Gasteiger partial charge in [-0.05, 0) is 31.2 Å². The third kappa shape index (κ3) is 3.80. The van der Waals surface area contributed by atoms with Crippen LogP contribution in [0.25, 0.3) is 0 Å². The summed E-state index contributed by atoms with van der Waals surface area (Å²) in [6, 6.07) is 3.15. The molecule has 5 heteroatoms. The van der Waals surface area contributed by atoms with E-state index in [1.165, 1.54) is 24.2 Å². The first-order chi connectivity index (χ1) is 9.18. The molecule has 1 aromatic heterocycles. The summed E-state index contributed by atoms with van der Waals surface area (Å²) in [6.45, 7) is 3.40. The number of carbonyl (C=O) groups excluding carboxylic acids is 2. The van der Waals surface area contributed by atoms with E-state index in [0.29, 0.717) is 4.88 Å².